The molecule has 1 unspecified atom stereocenters. The lowest BCUT2D eigenvalue weighted by atomic mass is 10.0. The van der Waals surface area contributed by atoms with Crippen molar-refractivity contribution in [1.82, 2.24) is 15.5 Å². The Hall–Kier alpha value is -3.01. The normalized spacial score (nSPS) is 20.8. The molecule has 2 aliphatic rings. The van der Waals surface area contributed by atoms with E-state index in [-0.39, 0.29) is 36.1 Å². The summed E-state index contributed by atoms with van der Waals surface area (Å²) in [4.78, 5) is 48.9. The number of hydrogen-bond acceptors (Lipinski definition) is 6. The van der Waals surface area contributed by atoms with E-state index < -0.39 is 29.2 Å². The predicted octanol–water partition coefficient (Wildman–Crippen LogP) is 0.288. The van der Waals surface area contributed by atoms with Crippen molar-refractivity contribution in [2.45, 2.75) is 24.8 Å². The maximum atomic E-state index is 12.5. The second kappa shape index (κ2) is 8.34. The van der Waals surface area contributed by atoms with E-state index in [1.54, 1.807) is 31.2 Å². The van der Waals surface area contributed by atoms with Crippen molar-refractivity contribution in [1.29, 1.82) is 0 Å². The number of thioether (sulfide) groups is 1. The molecule has 10 heteroatoms. The standard InChI is InChI=1S/C18H19N3O6S/c1-2-12(22)19-11-9-28-17-14(16(24)21(17)15(11)18(25)26)20-13(23)8-27-10-6-4-3-5-7-10/h3-7,14,17H,2,8-9H2,1H3,(H,19,22)(H,20,23)(H,25,26)/t14?,17-/m1/s1. The van der Waals surface area contributed by atoms with Crippen molar-refractivity contribution in [3.05, 3.63) is 41.7 Å². The van der Waals surface area contributed by atoms with Gasteiger partial charge < -0.3 is 20.5 Å². The van der Waals surface area contributed by atoms with Gasteiger partial charge >= 0.3 is 5.97 Å². The average Bonchev–Trinajstić information content (AvgIpc) is 2.70. The number of ether oxygens (including phenoxy) is 1. The van der Waals surface area contributed by atoms with Crippen LogP contribution in [0.1, 0.15) is 13.3 Å². The van der Waals surface area contributed by atoms with E-state index in [4.69, 9.17) is 4.74 Å². The van der Waals surface area contributed by atoms with Gasteiger partial charge in [0.05, 0.1) is 5.70 Å². The maximum Gasteiger partial charge on any atom is 0.354 e. The molecule has 1 saturated heterocycles. The van der Waals surface area contributed by atoms with E-state index >= 15 is 0 Å². The van der Waals surface area contributed by atoms with Crippen molar-refractivity contribution >= 4 is 35.5 Å². The van der Waals surface area contributed by atoms with Gasteiger partial charge in [-0.3, -0.25) is 19.3 Å². The molecular weight excluding hydrogens is 386 g/mol. The lowest BCUT2D eigenvalue weighted by Crippen LogP contribution is -2.71. The van der Waals surface area contributed by atoms with Crippen molar-refractivity contribution < 1.29 is 29.0 Å². The molecule has 3 N–H and O–H groups in total. The quantitative estimate of drug-likeness (QED) is 0.557. The number of β-lactam (4-membered cyclic amide) rings is 1. The first-order valence-electron chi connectivity index (χ1n) is 8.60. The number of nitrogens with one attached hydrogen (secondary N) is 2. The van der Waals surface area contributed by atoms with Crippen LogP contribution in [0.15, 0.2) is 41.7 Å². The average molecular weight is 405 g/mol. The number of nitrogens with zero attached hydrogens (tertiary/aromatic N) is 1. The Balaban J connectivity index is 1.64. The Morgan fingerprint density at radius 2 is 1.96 bits per heavy atom. The molecule has 28 heavy (non-hydrogen) atoms. The first-order valence-corrected chi connectivity index (χ1v) is 9.65. The monoisotopic (exact) mass is 405 g/mol. The largest absolute Gasteiger partial charge is 0.484 e. The topological polar surface area (TPSA) is 125 Å². The molecule has 2 aliphatic heterocycles. The highest BCUT2D eigenvalue weighted by Crippen LogP contribution is 2.39. The Bertz CT molecular complexity index is 841. The Morgan fingerprint density at radius 3 is 2.61 bits per heavy atom. The van der Waals surface area contributed by atoms with Gasteiger partial charge in [-0.25, -0.2) is 4.79 Å². The molecular formula is C18H19N3O6S. The fraction of sp³-hybridized carbons (Fsp3) is 0.333. The molecule has 9 nitrogen and oxygen atoms in total. The second-order valence-corrected chi connectivity index (χ2v) is 7.20. The highest BCUT2D eigenvalue weighted by molar-refractivity contribution is 8.00. The number of para-hydroxylation sites is 1. The zero-order valence-electron chi connectivity index (χ0n) is 15.0. The van der Waals surface area contributed by atoms with E-state index in [0.717, 1.165) is 4.90 Å². The highest BCUT2D eigenvalue weighted by atomic mass is 32.2. The van der Waals surface area contributed by atoms with E-state index in [1.807, 2.05) is 6.07 Å². The summed E-state index contributed by atoms with van der Waals surface area (Å²) < 4.78 is 5.35. The van der Waals surface area contributed by atoms with Gasteiger partial charge in [0, 0.05) is 12.2 Å². The number of benzene rings is 1. The third-order valence-corrected chi connectivity index (χ3v) is 5.49. The van der Waals surface area contributed by atoms with E-state index in [1.165, 1.54) is 11.8 Å². The molecule has 0 spiro atoms. The molecule has 0 saturated carbocycles. The van der Waals surface area contributed by atoms with Crippen molar-refractivity contribution in [2.24, 2.45) is 0 Å². The molecule has 2 heterocycles. The van der Waals surface area contributed by atoms with Crippen LogP contribution in [0.4, 0.5) is 0 Å². The highest BCUT2D eigenvalue weighted by Gasteiger charge is 2.54. The van der Waals surface area contributed by atoms with E-state index in [9.17, 15) is 24.3 Å². The minimum absolute atomic E-state index is 0.186. The predicted molar refractivity (Wildman–Crippen MR) is 100 cm³/mol. The fourth-order valence-electron chi connectivity index (χ4n) is 2.85. The van der Waals surface area contributed by atoms with Crippen molar-refractivity contribution in [3.8, 4) is 5.75 Å². The second-order valence-electron chi connectivity index (χ2n) is 6.09. The lowest BCUT2D eigenvalue weighted by Gasteiger charge is -2.49. The van der Waals surface area contributed by atoms with Crippen LogP contribution in [0, 0.1) is 0 Å². The number of hydrogen-bond donors (Lipinski definition) is 3. The molecule has 0 aliphatic carbocycles. The Kier molecular flexibility index (Phi) is 5.88. The molecule has 1 fully saturated rings. The van der Waals surface area contributed by atoms with Crippen molar-refractivity contribution in [2.75, 3.05) is 12.4 Å². The number of carbonyl (C=O) groups excluding carboxylic acids is 3. The summed E-state index contributed by atoms with van der Waals surface area (Å²) in [6, 6.07) is 7.93. The number of rotatable bonds is 7. The zero-order chi connectivity index (χ0) is 20.3. The van der Waals surface area contributed by atoms with Crippen LogP contribution in [0.2, 0.25) is 0 Å². The van der Waals surface area contributed by atoms with Gasteiger partial charge in [-0.1, -0.05) is 25.1 Å². The number of carbonyl (C=O) groups is 4. The summed E-state index contributed by atoms with van der Waals surface area (Å²) in [6.07, 6.45) is 0.193. The van der Waals surface area contributed by atoms with E-state index in [2.05, 4.69) is 10.6 Å². The van der Waals surface area contributed by atoms with Crippen LogP contribution in [0.3, 0.4) is 0 Å². The van der Waals surface area contributed by atoms with Crippen LogP contribution < -0.4 is 15.4 Å². The molecule has 0 aromatic heterocycles. The first-order chi connectivity index (χ1) is 13.4. The minimum atomic E-state index is -1.30. The van der Waals surface area contributed by atoms with Crippen molar-refractivity contribution in [3.63, 3.8) is 0 Å². The van der Waals surface area contributed by atoms with Crippen LogP contribution in [-0.4, -0.2) is 57.5 Å². The van der Waals surface area contributed by atoms with Gasteiger partial charge in [0.15, 0.2) is 12.3 Å². The molecule has 1 aromatic rings. The molecule has 1 aromatic carbocycles. The van der Waals surface area contributed by atoms with Gasteiger partial charge in [-0.15, -0.1) is 11.8 Å². The smallest absolute Gasteiger partial charge is 0.354 e. The fourth-order valence-corrected chi connectivity index (χ4v) is 4.13. The molecule has 0 radical (unpaired) electrons. The summed E-state index contributed by atoms with van der Waals surface area (Å²) in [7, 11) is 0. The first kappa shape index (κ1) is 19.7. The van der Waals surface area contributed by atoms with Crippen LogP contribution in [-0.2, 0) is 19.2 Å². The molecule has 2 atom stereocenters. The van der Waals surface area contributed by atoms with Crippen LogP contribution in [0.25, 0.3) is 0 Å². The van der Waals surface area contributed by atoms with Gasteiger partial charge in [0.25, 0.3) is 11.8 Å². The number of aliphatic carboxylic acids is 1. The van der Waals surface area contributed by atoms with E-state index in [0.29, 0.717) is 5.75 Å². The summed E-state index contributed by atoms with van der Waals surface area (Å²) in [6.45, 7) is 1.39. The van der Waals surface area contributed by atoms with Gasteiger partial charge in [0.2, 0.25) is 5.91 Å². The minimum Gasteiger partial charge on any atom is -0.484 e. The SMILES string of the molecule is CCC(=O)NC1=C(C(=O)O)N2C(=O)C(NC(=O)COc3ccccc3)[C@H]2SC1. The molecule has 3 rings (SSSR count). The van der Waals surface area contributed by atoms with Crippen LogP contribution in [0.5, 0.6) is 5.75 Å². The third-order valence-electron chi connectivity index (χ3n) is 4.21. The Labute approximate surface area is 165 Å². The molecule has 148 valence electrons. The summed E-state index contributed by atoms with van der Waals surface area (Å²) in [5.41, 5.74) is -0.0623. The molecule has 3 amide bonds. The Morgan fingerprint density at radius 1 is 1.25 bits per heavy atom. The third kappa shape index (κ3) is 3.96. The maximum absolute atomic E-state index is 12.5. The number of carboxylic acid groups (broad SMARTS) is 1. The zero-order valence-corrected chi connectivity index (χ0v) is 15.8. The summed E-state index contributed by atoms with van der Waals surface area (Å²) >= 11 is 1.28. The lowest BCUT2D eigenvalue weighted by molar-refractivity contribution is -0.151. The van der Waals surface area contributed by atoms with Gasteiger partial charge in [-0.05, 0) is 12.1 Å². The summed E-state index contributed by atoms with van der Waals surface area (Å²) in [5.74, 6) is -1.90. The number of fused-ring (bicyclic) bond motifs is 1. The number of amides is 3. The van der Waals surface area contributed by atoms with Gasteiger partial charge in [-0.2, -0.15) is 0 Å². The summed E-state index contributed by atoms with van der Waals surface area (Å²) in [5, 5.41) is 14.1. The van der Waals surface area contributed by atoms with Gasteiger partial charge in [0.1, 0.15) is 17.2 Å². The molecule has 0 bridgehead atoms. The number of carboxylic acids is 1. The van der Waals surface area contributed by atoms with Crippen LogP contribution >= 0.6 is 11.8 Å².